The molecule has 3 rings (SSSR count). The van der Waals surface area contributed by atoms with E-state index >= 15 is 0 Å². The van der Waals surface area contributed by atoms with Crippen molar-refractivity contribution < 1.29 is 14.3 Å². The van der Waals surface area contributed by atoms with Crippen LogP contribution in [0.25, 0.3) is 11.3 Å². The number of hydrogen-bond donors (Lipinski definition) is 2. The summed E-state index contributed by atoms with van der Waals surface area (Å²) in [5.41, 5.74) is 0.720. The van der Waals surface area contributed by atoms with E-state index < -0.39 is 11.6 Å². The van der Waals surface area contributed by atoms with E-state index in [2.05, 4.69) is 9.97 Å². The number of nitrogens with zero attached hydrogens (tertiary/aromatic N) is 2. The highest BCUT2D eigenvalue weighted by atomic mass is 19.1. The minimum Gasteiger partial charge on any atom is -0.465 e. The first-order valence-electron chi connectivity index (χ1n) is 8.99. The molecule has 6 heteroatoms. The van der Waals surface area contributed by atoms with Crippen molar-refractivity contribution in [2.24, 2.45) is 5.41 Å². The molecular formula is C20H26FN3O2. The van der Waals surface area contributed by atoms with Crippen molar-refractivity contribution in [1.29, 1.82) is 0 Å². The predicted octanol–water partition coefficient (Wildman–Crippen LogP) is 4.93. The fourth-order valence-corrected chi connectivity index (χ4v) is 4.12. The van der Waals surface area contributed by atoms with Crippen molar-refractivity contribution in [1.82, 2.24) is 14.9 Å². The molecule has 0 spiro atoms. The molecule has 0 radical (unpaired) electrons. The van der Waals surface area contributed by atoms with E-state index in [1.54, 1.807) is 12.3 Å². The van der Waals surface area contributed by atoms with Crippen molar-refractivity contribution in [2.45, 2.75) is 52.5 Å². The summed E-state index contributed by atoms with van der Waals surface area (Å²) in [7, 11) is 0. The summed E-state index contributed by atoms with van der Waals surface area (Å²) in [6, 6.07) is 5.06. The van der Waals surface area contributed by atoms with E-state index in [-0.39, 0.29) is 11.2 Å². The number of imidazole rings is 1. The number of benzene rings is 1. The molecule has 1 atom stereocenters. The van der Waals surface area contributed by atoms with Crippen molar-refractivity contribution in [3.8, 4) is 11.3 Å². The maximum atomic E-state index is 14.4. The summed E-state index contributed by atoms with van der Waals surface area (Å²) >= 11 is 0. The Labute approximate surface area is 153 Å². The molecule has 140 valence electrons. The summed E-state index contributed by atoms with van der Waals surface area (Å²) in [5.74, 6) is 0.269. The number of likely N-dealkylation sites (tertiary alicyclic amines) is 1. The highest BCUT2D eigenvalue weighted by Gasteiger charge is 2.53. The van der Waals surface area contributed by atoms with Gasteiger partial charge in [-0.15, -0.1) is 0 Å². The Hall–Kier alpha value is -2.37. The normalized spacial score (nSPS) is 21.0. The third-order valence-electron chi connectivity index (χ3n) is 5.49. The summed E-state index contributed by atoms with van der Waals surface area (Å²) in [6.45, 7) is 8.41. The largest absolute Gasteiger partial charge is 0.465 e. The maximum absolute atomic E-state index is 14.4. The van der Waals surface area contributed by atoms with Gasteiger partial charge < -0.3 is 10.1 Å². The van der Waals surface area contributed by atoms with Crippen molar-refractivity contribution in [3.05, 3.63) is 41.6 Å². The van der Waals surface area contributed by atoms with E-state index in [1.807, 2.05) is 33.8 Å². The fraction of sp³-hybridized carbons (Fsp3) is 0.500. The fourth-order valence-electron chi connectivity index (χ4n) is 4.12. The topological polar surface area (TPSA) is 69.2 Å². The highest BCUT2D eigenvalue weighted by molar-refractivity contribution is 5.67. The van der Waals surface area contributed by atoms with Crippen molar-refractivity contribution in [2.75, 3.05) is 6.54 Å². The lowest BCUT2D eigenvalue weighted by atomic mass is 9.67. The minimum absolute atomic E-state index is 0.316. The first-order valence-corrected chi connectivity index (χ1v) is 8.99. The van der Waals surface area contributed by atoms with Gasteiger partial charge in [0.15, 0.2) is 0 Å². The van der Waals surface area contributed by atoms with E-state index in [4.69, 9.17) is 0 Å². The van der Waals surface area contributed by atoms with Crippen LogP contribution in [-0.4, -0.2) is 32.6 Å². The number of aryl methyl sites for hydroxylation is 1. The Kier molecular flexibility index (Phi) is 4.54. The molecule has 0 saturated carbocycles. The Morgan fingerprint density at radius 1 is 1.35 bits per heavy atom. The second kappa shape index (κ2) is 6.41. The Bertz CT molecular complexity index is 825. The number of piperidine rings is 1. The van der Waals surface area contributed by atoms with Crippen molar-refractivity contribution in [3.63, 3.8) is 0 Å². The third kappa shape index (κ3) is 2.87. The van der Waals surface area contributed by atoms with E-state index in [0.717, 1.165) is 18.4 Å². The second-order valence-corrected chi connectivity index (χ2v) is 8.13. The number of carboxylic acid groups (broad SMARTS) is 1. The molecule has 1 fully saturated rings. The SMILES string of the molecule is Cc1ccc(-c2cnc(C3(C(C)(C)C)CCCCN3C(=O)O)[nH]2)c(F)c1. The Balaban J connectivity index is 2.12. The molecular weight excluding hydrogens is 333 g/mol. The van der Waals surface area contributed by atoms with Gasteiger partial charge in [0.1, 0.15) is 17.2 Å². The maximum Gasteiger partial charge on any atom is 0.408 e. The lowest BCUT2D eigenvalue weighted by Crippen LogP contribution is -2.59. The van der Waals surface area contributed by atoms with Gasteiger partial charge in [0.05, 0.1) is 11.9 Å². The molecule has 2 heterocycles. The second-order valence-electron chi connectivity index (χ2n) is 8.13. The van der Waals surface area contributed by atoms with Gasteiger partial charge in [0.25, 0.3) is 0 Å². The van der Waals surface area contributed by atoms with Gasteiger partial charge in [-0.3, -0.25) is 4.90 Å². The van der Waals surface area contributed by atoms with Crippen LogP contribution in [0.4, 0.5) is 9.18 Å². The van der Waals surface area contributed by atoms with Crippen LogP contribution >= 0.6 is 0 Å². The molecule has 1 aliphatic heterocycles. The van der Waals surface area contributed by atoms with E-state index in [9.17, 15) is 14.3 Å². The van der Waals surface area contributed by atoms with E-state index in [1.165, 1.54) is 11.0 Å². The molecule has 0 aliphatic carbocycles. The van der Waals surface area contributed by atoms with Gasteiger partial charge in [-0.05, 0) is 49.3 Å². The highest BCUT2D eigenvalue weighted by Crippen LogP contribution is 2.49. The average Bonchev–Trinajstić information content (AvgIpc) is 3.03. The van der Waals surface area contributed by atoms with Gasteiger partial charge in [-0.2, -0.15) is 0 Å². The van der Waals surface area contributed by atoms with Gasteiger partial charge in [0.2, 0.25) is 0 Å². The zero-order chi connectivity index (χ0) is 19.1. The molecule has 1 aliphatic rings. The quantitative estimate of drug-likeness (QED) is 0.799. The van der Waals surface area contributed by atoms with Crippen LogP contribution in [0.1, 0.15) is 51.4 Å². The molecule has 2 aromatic rings. The van der Waals surface area contributed by atoms with Crippen LogP contribution in [0.5, 0.6) is 0 Å². The molecule has 0 bridgehead atoms. The van der Waals surface area contributed by atoms with E-state index in [0.29, 0.717) is 30.0 Å². The lowest BCUT2D eigenvalue weighted by molar-refractivity contribution is -0.0348. The number of nitrogens with one attached hydrogen (secondary N) is 1. The zero-order valence-electron chi connectivity index (χ0n) is 15.8. The number of amides is 1. The molecule has 1 saturated heterocycles. The van der Waals surface area contributed by atoms with Crippen molar-refractivity contribution >= 4 is 6.09 Å². The first-order chi connectivity index (χ1) is 12.2. The number of halogens is 1. The zero-order valence-corrected chi connectivity index (χ0v) is 15.8. The van der Waals surface area contributed by atoms with Crippen LogP contribution < -0.4 is 0 Å². The Morgan fingerprint density at radius 2 is 2.08 bits per heavy atom. The number of hydrogen-bond acceptors (Lipinski definition) is 2. The molecule has 1 aromatic carbocycles. The monoisotopic (exact) mass is 359 g/mol. The lowest BCUT2D eigenvalue weighted by Gasteiger charge is -2.52. The smallest absolute Gasteiger partial charge is 0.408 e. The van der Waals surface area contributed by atoms with Crippen LogP contribution in [0.2, 0.25) is 0 Å². The molecule has 1 amide bonds. The number of H-pyrrole nitrogens is 1. The first kappa shape index (κ1) is 18.4. The molecule has 26 heavy (non-hydrogen) atoms. The summed E-state index contributed by atoms with van der Waals surface area (Å²) in [4.78, 5) is 21.2. The van der Waals surface area contributed by atoms with Gasteiger partial charge in [0, 0.05) is 12.1 Å². The molecule has 2 N–H and O–H groups in total. The van der Waals surface area contributed by atoms with Gasteiger partial charge in [-0.1, -0.05) is 26.8 Å². The average molecular weight is 359 g/mol. The predicted molar refractivity (Wildman–Crippen MR) is 98.4 cm³/mol. The van der Waals surface area contributed by atoms with Crippen LogP contribution in [0.3, 0.4) is 0 Å². The van der Waals surface area contributed by atoms with Crippen LogP contribution in [0.15, 0.2) is 24.4 Å². The standard InChI is InChI=1S/C20H26FN3O2/c1-13-7-8-14(15(21)11-13)16-12-22-17(23-16)20(19(2,3)4)9-5-6-10-24(20)18(25)26/h7-8,11-12H,5-6,9-10H2,1-4H3,(H,22,23)(H,25,26). The summed E-state index contributed by atoms with van der Waals surface area (Å²) in [6.07, 6.45) is 3.11. The third-order valence-corrected chi connectivity index (χ3v) is 5.49. The number of aromatic nitrogens is 2. The summed E-state index contributed by atoms with van der Waals surface area (Å²) < 4.78 is 14.4. The van der Waals surface area contributed by atoms with Gasteiger partial charge >= 0.3 is 6.09 Å². The molecule has 1 unspecified atom stereocenters. The van der Waals surface area contributed by atoms with Crippen LogP contribution in [0, 0.1) is 18.2 Å². The number of carbonyl (C=O) groups is 1. The Morgan fingerprint density at radius 3 is 2.69 bits per heavy atom. The minimum atomic E-state index is -0.945. The molecule has 1 aromatic heterocycles. The van der Waals surface area contributed by atoms with Crippen LogP contribution in [-0.2, 0) is 5.54 Å². The van der Waals surface area contributed by atoms with Gasteiger partial charge in [-0.25, -0.2) is 14.2 Å². The number of rotatable bonds is 2. The molecule has 5 nitrogen and oxygen atoms in total. The summed E-state index contributed by atoms with van der Waals surface area (Å²) in [5, 5.41) is 9.82. The number of aromatic amines is 1.